The molecule has 1 atom stereocenters. The van der Waals surface area contributed by atoms with Gasteiger partial charge < -0.3 is 5.32 Å². The number of hydrogen-bond donors (Lipinski definition) is 1. The average molecular weight is 403 g/mol. The van der Waals surface area contributed by atoms with Gasteiger partial charge >= 0.3 is 6.18 Å². The third-order valence-electron chi connectivity index (χ3n) is 2.82. The second-order valence-electron chi connectivity index (χ2n) is 4.39. The molecule has 0 aromatic heterocycles. The van der Waals surface area contributed by atoms with E-state index in [-0.39, 0.29) is 12.5 Å². The van der Waals surface area contributed by atoms with E-state index in [1.165, 1.54) is 0 Å². The molecular weight excluding hydrogens is 387 g/mol. The van der Waals surface area contributed by atoms with Crippen LogP contribution < -0.4 is 5.32 Å². The van der Waals surface area contributed by atoms with Crippen LogP contribution in [0.3, 0.4) is 0 Å². The van der Waals surface area contributed by atoms with E-state index < -0.39 is 12.6 Å². The third-order valence-corrected chi connectivity index (χ3v) is 4.36. The first-order valence-corrected chi connectivity index (χ1v) is 7.59. The summed E-state index contributed by atoms with van der Waals surface area (Å²) in [5.41, 5.74) is 1.89. The molecule has 0 amide bonds. The summed E-state index contributed by atoms with van der Waals surface area (Å²) in [6.45, 7) is 4.45. The van der Waals surface area contributed by atoms with Gasteiger partial charge in [-0.15, -0.1) is 0 Å². The normalized spacial score (nSPS) is 13.6. The van der Waals surface area contributed by atoms with Crippen LogP contribution in [0.4, 0.5) is 13.2 Å². The van der Waals surface area contributed by atoms with Crippen molar-refractivity contribution in [1.29, 1.82) is 0 Å². The maximum absolute atomic E-state index is 12.4. The summed E-state index contributed by atoms with van der Waals surface area (Å²) in [5, 5.41) is 3.11. The highest BCUT2D eigenvalue weighted by Gasteiger charge is 2.29. The SMILES string of the molecule is CCNC(CCC(F)(F)F)c1cc(Br)c(C)cc1Br. The number of aryl methyl sites for hydroxylation is 1. The molecule has 1 aromatic rings. The van der Waals surface area contributed by atoms with Gasteiger partial charge in [-0.25, -0.2) is 0 Å². The van der Waals surface area contributed by atoms with Crippen LogP contribution in [0.1, 0.15) is 36.9 Å². The highest BCUT2D eigenvalue weighted by molar-refractivity contribution is 9.11. The fourth-order valence-electron chi connectivity index (χ4n) is 1.85. The number of halogens is 5. The van der Waals surface area contributed by atoms with Gasteiger partial charge in [-0.1, -0.05) is 38.8 Å². The van der Waals surface area contributed by atoms with Gasteiger partial charge in [0.15, 0.2) is 0 Å². The summed E-state index contributed by atoms with van der Waals surface area (Å²) in [5.74, 6) is 0. The Bertz CT molecular complexity index is 433. The lowest BCUT2D eigenvalue weighted by Gasteiger charge is -2.21. The average Bonchev–Trinajstić information content (AvgIpc) is 2.28. The molecule has 0 radical (unpaired) electrons. The fraction of sp³-hybridized carbons (Fsp3) is 0.538. The van der Waals surface area contributed by atoms with E-state index in [1.54, 1.807) is 0 Å². The number of benzene rings is 1. The molecule has 0 aliphatic carbocycles. The van der Waals surface area contributed by atoms with Crippen LogP contribution >= 0.6 is 31.9 Å². The van der Waals surface area contributed by atoms with Gasteiger partial charge in [0.2, 0.25) is 0 Å². The Hall–Kier alpha value is -0.0700. The van der Waals surface area contributed by atoms with E-state index in [0.29, 0.717) is 6.54 Å². The van der Waals surface area contributed by atoms with E-state index >= 15 is 0 Å². The second kappa shape index (κ2) is 7.09. The van der Waals surface area contributed by atoms with E-state index in [4.69, 9.17) is 0 Å². The molecule has 1 nitrogen and oxygen atoms in total. The van der Waals surface area contributed by atoms with Crippen LogP contribution in [0.5, 0.6) is 0 Å². The minimum absolute atomic E-state index is 0.0332. The van der Waals surface area contributed by atoms with Crippen LogP contribution in [0.25, 0.3) is 0 Å². The molecule has 0 bridgehead atoms. The van der Waals surface area contributed by atoms with Crippen molar-refractivity contribution in [3.8, 4) is 0 Å². The molecule has 0 fully saturated rings. The van der Waals surface area contributed by atoms with Crippen LogP contribution in [-0.2, 0) is 0 Å². The summed E-state index contributed by atoms with van der Waals surface area (Å²) in [7, 11) is 0. The van der Waals surface area contributed by atoms with Crippen molar-refractivity contribution in [3.63, 3.8) is 0 Å². The summed E-state index contributed by atoms with van der Waals surface area (Å²) in [6, 6.07) is 3.48. The summed E-state index contributed by atoms with van der Waals surface area (Å²) < 4.78 is 38.8. The van der Waals surface area contributed by atoms with Gasteiger partial charge in [0.1, 0.15) is 0 Å². The van der Waals surface area contributed by atoms with Crippen molar-refractivity contribution >= 4 is 31.9 Å². The molecule has 1 N–H and O–H groups in total. The van der Waals surface area contributed by atoms with Crippen LogP contribution in [0.15, 0.2) is 21.1 Å². The van der Waals surface area contributed by atoms with Crippen molar-refractivity contribution in [2.45, 2.75) is 38.9 Å². The molecule has 0 saturated heterocycles. The van der Waals surface area contributed by atoms with E-state index in [2.05, 4.69) is 37.2 Å². The summed E-state index contributed by atoms with van der Waals surface area (Å²) in [6.07, 6.45) is -4.88. The maximum atomic E-state index is 12.4. The first-order chi connectivity index (χ1) is 8.74. The number of nitrogens with one attached hydrogen (secondary N) is 1. The Balaban J connectivity index is 2.95. The highest BCUT2D eigenvalue weighted by atomic mass is 79.9. The van der Waals surface area contributed by atoms with E-state index in [9.17, 15) is 13.2 Å². The van der Waals surface area contributed by atoms with Gasteiger partial charge in [-0.3, -0.25) is 0 Å². The largest absolute Gasteiger partial charge is 0.389 e. The van der Waals surface area contributed by atoms with Crippen molar-refractivity contribution in [2.75, 3.05) is 6.54 Å². The highest BCUT2D eigenvalue weighted by Crippen LogP contribution is 2.34. The van der Waals surface area contributed by atoms with Gasteiger partial charge in [-0.05, 0) is 43.1 Å². The molecule has 1 aromatic carbocycles. The van der Waals surface area contributed by atoms with E-state index in [0.717, 1.165) is 20.1 Å². The van der Waals surface area contributed by atoms with Crippen molar-refractivity contribution in [3.05, 3.63) is 32.2 Å². The smallest absolute Gasteiger partial charge is 0.310 e. The lowest BCUT2D eigenvalue weighted by Crippen LogP contribution is -2.23. The fourth-order valence-corrected chi connectivity index (χ4v) is 2.95. The minimum Gasteiger partial charge on any atom is -0.310 e. The zero-order valence-electron chi connectivity index (χ0n) is 10.7. The van der Waals surface area contributed by atoms with Crippen LogP contribution in [-0.4, -0.2) is 12.7 Å². The third kappa shape index (κ3) is 5.44. The monoisotopic (exact) mass is 401 g/mol. The molecule has 0 aliphatic rings. The van der Waals surface area contributed by atoms with Gasteiger partial charge in [0.05, 0.1) is 0 Å². The first kappa shape index (κ1) is 17.0. The molecule has 1 unspecified atom stereocenters. The summed E-state index contributed by atoms with van der Waals surface area (Å²) in [4.78, 5) is 0. The zero-order valence-corrected chi connectivity index (χ0v) is 13.9. The predicted octanol–water partition coefficient (Wildman–Crippen LogP) is 5.51. The predicted molar refractivity (Wildman–Crippen MR) is 78.3 cm³/mol. The van der Waals surface area contributed by atoms with Crippen molar-refractivity contribution in [1.82, 2.24) is 5.32 Å². The number of alkyl halides is 3. The van der Waals surface area contributed by atoms with Crippen molar-refractivity contribution in [2.24, 2.45) is 0 Å². The quantitative estimate of drug-likeness (QED) is 0.684. The summed E-state index contributed by atoms with van der Waals surface area (Å²) >= 11 is 6.85. The van der Waals surface area contributed by atoms with E-state index in [1.807, 2.05) is 26.0 Å². The minimum atomic E-state index is -4.12. The molecule has 19 heavy (non-hydrogen) atoms. The standard InChI is InChI=1S/C13H16Br2F3N/c1-3-19-12(4-5-13(16,17)18)9-7-10(14)8(2)6-11(9)15/h6-7,12,19H,3-5H2,1-2H3. The molecule has 0 aliphatic heterocycles. The molecule has 6 heteroatoms. The molecular formula is C13H16Br2F3N. The van der Waals surface area contributed by atoms with Gasteiger partial charge in [0.25, 0.3) is 0 Å². The second-order valence-corrected chi connectivity index (χ2v) is 6.10. The Morgan fingerprint density at radius 2 is 1.84 bits per heavy atom. The lowest BCUT2D eigenvalue weighted by atomic mass is 10.0. The Kier molecular flexibility index (Phi) is 6.33. The van der Waals surface area contributed by atoms with Crippen LogP contribution in [0, 0.1) is 6.92 Å². The zero-order chi connectivity index (χ0) is 14.6. The molecule has 0 spiro atoms. The van der Waals surface area contributed by atoms with Crippen LogP contribution in [0.2, 0.25) is 0 Å². The first-order valence-electron chi connectivity index (χ1n) is 6.00. The molecule has 0 saturated carbocycles. The number of hydrogen-bond acceptors (Lipinski definition) is 1. The molecule has 0 heterocycles. The maximum Gasteiger partial charge on any atom is 0.389 e. The molecule has 1 rings (SSSR count). The topological polar surface area (TPSA) is 12.0 Å². The molecule has 108 valence electrons. The Morgan fingerprint density at radius 1 is 1.21 bits per heavy atom. The number of rotatable bonds is 5. The van der Waals surface area contributed by atoms with Gasteiger partial charge in [0, 0.05) is 21.4 Å². The van der Waals surface area contributed by atoms with Crippen molar-refractivity contribution < 1.29 is 13.2 Å². The van der Waals surface area contributed by atoms with Gasteiger partial charge in [-0.2, -0.15) is 13.2 Å². The Morgan fingerprint density at radius 3 is 2.37 bits per heavy atom. The Labute approximate surface area is 128 Å². The lowest BCUT2D eigenvalue weighted by molar-refractivity contribution is -0.136.